The number of allylic oxidation sites excluding steroid dienone is 3. The van der Waals surface area contributed by atoms with Gasteiger partial charge in [0.1, 0.15) is 5.78 Å². The summed E-state index contributed by atoms with van der Waals surface area (Å²) < 4.78 is 5.66. The van der Waals surface area contributed by atoms with Gasteiger partial charge in [0, 0.05) is 13.0 Å². The predicted molar refractivity (Wildman–Crippen MR) is 96.6 cm³/mol. The van der Waals surface area contributed by atoms with Gasteiger partial charge in [0.05, 0.1) is 6.10 Å². The molecule has 24 heavy (non-hydrogen) atoms. The van der Waals surface area contributed by atoms with E-state index in [0.717, 1.165) is 18.8 Å². The maximum absolute atomic E-state index is 12.2. The molecule has 0 aliphatic heterocycles. The molecule has 4 rings (SSSR count). The summed E-state index contributed by atoms with van der Waals surface area (Å²) in [6.45, 7) is 6.69. The number of carbonyl (C=O) groups is 1. The highest BCUT2D eigenvalue weighted by atomic mass is 16.5. The van der Waals surface area contributed by atoms with Gasteiger partial charge in [-0.1, -0.05) is 37.1 Å². The Hall–Kier alpha value is -0.890. The fourth-order valence-electron chi connectivity index (χ4n) is 6.79. The van der Waals surface area contributed by atoms with Gasteiger partial charge in [-0.2, -0.15) is 0 Å². The van der Waals surface area contributed by atoms with Crippen LogP contribution in [0.1, 0.15) is 65.7 Å². The van der Waals surface area contributed by atoms with Crippen LogP contribution in [0.5, 0.6) is 0 Å². The molecule has 0 saturated heterocycles. The molecule has 2 saturated carbocycles. The lowest BCUT2D eigenvalue weighted by Crippen LogP contribution is -2.48. The van der Waals surface area contributed by atoms with Crippen LogP contribution in [0, 0.1) is 28.6 Å². The molecule has 0 radical (unpaired) electrons. The Kier molecular flexibility index (Phi) is 3.84. The van der Waals surface area contributed by atoms with E-state index < -0.39 is 0 Å². The summed E-state index contributed by atoms with van der Waals surface area (Å²) in [5, 5.41) is 0. The molecule has 2 heteroatoms. The first-order valence-corrected chi connectivity index (χ1v) is 9.83. The molecule has 2 fully saturated rings. The molecule has 4 aliphatic rings. The van der Waals surface area contributed by atoms with Gasteiger partial charge in [-0.3, -0.25) is 4.79 Å². The van der Waals surface area contributed by atoms with Gasteiger partial charge >= 0.3 is 0 Å². The summed E-state index contributed by atoms with van der Waals surface area (Å²) in [4.78, 5) is 12.2. The molecule has 0 unspecified atom stereocenters. The minimum Gasteiger partial charge on any atom is -0.381 e. The predicted octanol–water partition coefficient (Wildman–Crippen LogP) is 5.09. The van der Waals surface area contributed by atoms with E-state index in [0.29, 0.717) is 23.2 Å². The number of rotatable bonds is 2. The molecule has 4 aliphatic carbocycles. The van der Waals surface area contributed by atoms with Crippen molar-refractivity contribution in [3.05, 3.63) is 23.3 Å². The number of ketones is 1. The summed E-state index contributed by atoms with van der Waals surface area (Å²) >= 11 is 0. The van der Waals surface area contributed by atoms with E-state index in [4.69, 9.17) is 4.74 Å². The van der Waals surface area contributed by atoms with E-state index in [2.05, 4.69) is 26.0 Å². The molecule has 6 atom stereocenters. The number of hydrogen-bond acceptors (Lipinski definition) is 2. The van der Waals surface area contributed by atoms with Gasteiger partial charge < -0.3 is 4.74 Å². The molecule has 0 heterocycles. The van der Waals surface area contributed by atoms with Gasteiger partial charge in [-0.05, 0) is 74.5 Å². The number of fused-ring (bicyclic) bond motifs is 5. The Labute approximate surface area is 146 Å². The third-order valence-corrected chi connectivity index (χ3v) is 8.29. The van der Waals surface area contributed by atoms with E-state index in [9.17, 15) is 4.79 Å². The molecule has 0 aromatic carbocycles. The van der Waals surface area contributed by atoms with Crippen LogP contribution in [-0.2, 0) is 9.53 Å². The number of ether oxygens (including phenoxy) is 1. The SMILES string of the molecule is CO[C@H]1CC[C@@]2(C)C(=CC[C@H]3C4=CC[C@H](C(C)=O)[C@@]4(C)CC[C@@H]32)C1. The second-order valence-electron chi connectivity index (χ2n) is 9.21. The summed E-state index contributed by atoms with van der Waals surface area (Å²) in [5.74, 6) is 2.05. The van der Waals surface area contributed by atoms with Gasteiger partial charge in [0.15, 0.2) is 0 Å². The van der Waals surface area contributed by atoms with Crippen molar-refractivity contribution in [3.8, 4) is 0 Å². The lowest BCUT2D eigenvalue weighted by molar-refractivity contribution is -0.124. The smallest absolute Gasteiger partial charge is 0.134 e. The van der Waals surface area contributed by atoms with Crippen LogP contribution < -0.4 is 0 Å². The van der Waals surface area contributed by atoms with Crippen molar-refractivity contribution < 1.29 is 9.53 Å². The second kappa shape index (κ2) is 5.56. The van der Waals surface area contributed by atoms with Crippen LogP contribution in [0.25, 0.3) is 0 Å². The van der Waals surface area contributed by atoms with Crippen molar-refractivity contribution in [2.24, 2.45) is 28.6 Å². The third-order valence-electron chi connectivity index (χ3n) is 8.29. The van der Waals surface area contributed by atoms with Crippen molar-refractivity contribution in [1.82, 2.24) is 0 Å². The van der Waals surface area contributed by atoms with Crippen molar-refractivity contribution in [1.29, 1.82) is 0 Å². The quantitative estimate of drug-likeness (QED) is 0.660. The van der Waals surface area contributed by atoms with Crippen LogP contribution in [-0.4, -0.2) is 19.0 Å². The monoisotopic (exact) mass is 328 g/mol. The van der Waals surface area contributed by atoms with E-state index in [1.54, 1.807) is 18.1 Å². The zero-order valence-corrected chi connectivity index (χ0v) is 15.7. The van der Waals surface area contributed by atoms with Crippen LogP contribution in [0.2, 0.25) is 0 Å². The first kappa shape index (κ1) is 16.6. The van der Waals surface area contributed by atoms with E-state index >= 15 is 0 Å². The highest BCUT2D eigenvalue weighted by Crippen LogP contribution is 2.64. The van der Waals surface area contributed by atoms with E-state index in [-0.39, 0.29) is 11.3 Å². The zero-order valence-electron chi connectivity index (χ0n) is 15.7. The lowest BCUT2D eigenvalue weighted by Gasteiger charge is -2.56. The first-order valence-electron chi connectivity index (χ1n) is 9.83. The number of Topliss-reactive ketones (excluding diaryl/α,β-unsaturated/α-hetero) is 1. The number of methoxy groups -OCH3 is 1. The maximum atomic E-state index is 12.2. The Morgan fingerprint density at radius 3 is 2.58 bits per heavy atom. The van der Waals surface area contributed by atoms with E-state index in [1.165, 1.54) is 32.1 Å². The fraction of sp³-hybridized carbons (Fsp3) is 0.773. The van der Waals surface area contributed by atoms with Gasteiger partial charge in [-0.25, -0.2) is 0 Å². The highest BCUT2D eigenvalue weighted by Gasteiger charge is 2.56. The van der Waals surface area contributed by atoms with Crippen LogP contribution in [0.15, 0.2) is 23.3 Å². The van der Waals surface area contributed by atoms with Gasteiger partial charge in [0.25, 0.3) is 0 Å². The Morgan fingerprint density at radius 1 is 1.12 bits per heavy atom. The lowest BCUT2D eigenvalue weighted by atomic mass is 9.48. The summed E-state index contributed by atoms with van der Waals surface area (Å²) in [6.07, 6.45) is 13.6. The average molecular weight is 328 g/mol. The van der Waals surface area contributed by atoms with Crippen molar-refractivity contribution >= 4 is 5.78 Å². The topological polar surface area (TPSA) is 26.3 Å². The molecule has 2 nitrogen and oxygen atoms in total. The molecule has 0 bridgehead atoms. The summed E-state index contributed by atoms with van der Waals surface area (Å²) in [6, 6.07) is 0. The highest BCUT2D eigenvalue weighted by molar-refractivity contribution is 5.80. The molecule has 0 amide bonds. The van der Waals surface area contributed by atoms with Crippen LogP contribution in [0.4, 0.5) is 0 Å². The van der Waals surface area contributed by atoms with Crippen LogP contribution in [0.3, 0.4) is 0 Å². The summed E-state index contributed by atoms with van der Waals surface area (Å²) in [5.41, 5.74) is 3.78. The normalized spacial score (nSPS) is 47.2. The number of hydrogen-bond donors (Lipinski definition) is 0. The Balaban J connectivity index is 1.66. The summed E-state index contributed by atoms with van der Waals surface area (Å²) in [7, 11) is 1.86. The van der Waals surface area contributed by atoms with Gasteiger partial charge in [-0.15, -0.1) is 0 Å². The molecule has 0 N–H and O–H groups in total. The molecular weight excluding hydrogens is 296 g/mol. The zero-order chi connectivity index (χ0) is 17.1. The standard InChI is InChI=1S/C22H32O2/c1-14(23)18-7-8-19-17-6-5-15-13-16(24-4)9-11-21(15,2)20(17)10-12-22(18,19)3/h5,8,16-18,20H,6-7,9-13H2,1-4H3/t16-,17-,18+,20-,21-,22+/m0/s1. The Morgan fingerprint density at radius 2 is 1.88 bits per heavy atom. The minimum atomic E-state index is 0.137. The van der Waals surface area contributed by atoms with Crippen molar-refractivity contribution in [3.63, 3.8) is 0 Å². The maximum Gasteiger partial charge on any atom is 0.134 e. The number of carbonyl (C=O) groups excluding carboxylic acids is 1. The molecular formula is C22H32O2. The largest absolute Gasteiger partial charge is 0.381 e. The average Bonchev–Trinajstić information content (AvgIpc) is 2.91. The molecule has 0 aromatic heterocycles. The minimum absolute atomic E-state index is 0.137. The van der Waals surface area contributed by atoms with Gasteiger partial charge in [0.2, 0.25) is 0 Å². The third kappa shape index (κ3) is 2.14. The fourth-order valence-corrected chi connectivity index (χ4v) is 6.79. The van der Waals surface area contributed by atoms with Crippen molar-refractivity contribution in [2.45, 2.75) is 71.8 Å². The van der Waals surface area contributed by atoms with E-state index in [1.807, 2.05) is 7.11 Å². The second-order valence-corrected chi connectivity index (χ2v) is 9.21. The molecule has 132 valence electrons. The molecule has 0 aromatic rings. The van der Waals surface area contributed by atoms with Crippen LogP contribution >= 0.6 is 0 Å². The van der Waals surface area contributed by atoms with Crippen molar-refractivity contribution in [2.75, 3.05) is 7.11 Å². The first-order chi connectivity index (χ1) is 11.4. The Bertz CT molecular complexity index is 615. The molecule has 0 spiro atoms.